The summed E-state index contributed by atoms with van der Waals surface area (Å²) in [6.45, 7) is 1.49. The molecule has 196 valence electrons. The Hall–Kier alpha value is -3.82. The SMILES string of the molecule is CC(=O)NC1C(Oc2ccccc2C(=O)/C=C/c2ccccc2)OC2COC(c3ccccc3)OC2C1O. The summed E-state index contributed by atoms with van der Waals surface area (Å²) >= 11 is 0. The molecule has 2 aliphatic heterocycles. The fourth-order valence-electron chi connectivity index (χ4n) is 4.58. The van der Waals surface area contributed by atoms with Crippen LogP contribution in [0.4, 0.5) is 0 Å². The highest BCUT2D eigenvalue weighted by Crippen LogP contribution is 2.35. The lowest BCUT2D eigenvalue weighted by atomic mass is 9.95. The summed E-state index contributed by atoms with van der Waals surface area (Å²) < 4.78 is 24.2. The average molecular weight is 516 g/mol. The van der Waals surface area contributed by atoms with Gasteiger partial charge in [-0.15, -0.1) is 0 Å². The van der Waals surface area contributed by atoms with Crippen LogP contribution >= 0.6 is 0 Å². The van der Waals surface area contributed by atoms with Gasteiger partial charge in [-0.1, -0.05) is 78.9 Å². The Morgan fingerprint density at radius 2 is 1.63 bits per heavy atom. The number of ketones is 1. The Labute approximate surface area is 220 Å². The van der Waals surface area contributed by atoms with Crippen molar-refractivity contribution in [1.29, 1.82) is 0 Å². The van der Waals surface area contributed by atoms with Crippen molar-refractivity contribution in [2.45, 2.75) is 43.9 Å². The fourth-order valence-corrected chi connectivity index (χ4v) is 4.58. The number of aliphatic hydroxyl groups is 1. The first-order valence-corrected chi connectivity index (χ1v) is 12.5. The molecule has 6 atom stereocenters. The molecule has 2 heterocycles. The molecule has 6 unspecified atom stereocenters. The van der Waals surface area contributed by atoms with Crippen LogP contribution in [-0.4, -0.2) is 54.0 Å². The van der Waals surface area contributed by atoms with Crippen LogP contribution in [0.15, 0.2) is 91.0 Å². The van der Waals surface area contributed by atoms with Gasteiger partial charge in [-0.3, -0.25) is 9.59 Å². The van der Waals surface area contributed by atoms with E-state index < -0.39 is 36.9 Å². The van der Waals surface area contributed by atoms with Crippen molar-refractivity contribution in [3.05, 3.63) is 108 Å². The minimum atomic E-state index is -1.15. The van der Waals surface area contributed by atoms with Crippen molar-refractivity contribution in [2.24, 2.45) is 0 Å². The maximum Gasteiger partial charge on any atom is 0.223 e. The van der Waals surface area contributed by atoms with Crippen molar-refractivity contribution in [1.82, 2.24) is 5.32 Å². The minimum absolute atomic E-state index is 0.147. The Morgan fingerprint density at radius 3 is 2.37 bits per heavy atom. The van der Waals surface area contributed by atoms with Gasteiger partial charge in [-0.25, -0.2) is 0 Å². The molecule has 2 N–H and O–H groups in total. The van der Waals surface area contributed by atoms with E-state index in [1.807, 2.05) is 60.7 Å². The predicted molar refractivity (Wildman–Crippen MR) is 139 cm³/mol. The molecule has 3 aromatic rings. The molecule has 8 nitrogen and oxygen atoms in total. The summed E-state index contributed by atoms with van der Waals surface area (Å²) in [5.41, 5.74) is 2.02. The van der Waals surface area contributed by atoms with E-state index in [1.165, 1.54) is 13.0 Å². The van der Waals surface area contributed by atoms with Crippen molar-refractivity contribution in [3.63, 3.8) is 0 Å². The lowest BCUT2D eigenvalue weighted by molar-refractivity contribution is -0.333. The average Bonchev–Trinajstić information content (AvgIpc) is 2.95. The van der Waals surface area contributed by atoms with Crippen LogP contribution in [0.1, 0.15) is 34.7 Å². The molecule has 0 aromatic heterocycles. The van der Waals surface area contributed by atoms with Crippen molar-refractivity contribution >= 4 is 17.8 Å². The first-order valence-electron chi connectivity index (χ1n) is 12.5. The molecule has 38 heavy (non-hydrogen) atoms. The van der Waals surface area contributed by atoms with Gasteiger partial charge in [0.1, 0.15) is 30.1 Å². The van der Waals surface area contributed by atoms with Crippen LogP contribution < -0.4 is 10.1 Å². The van der Waals surface area contributed by atoms with Gasteiger partial charge in [0.05, 0.1) is 12.2 Å². The topological polar surface area (TPSA) is 103 Å². The highest BCUT2D eigenvalue weighted by atomic mass is 16.7. The van der Waals surface area contributed by atoms with E-state index >= 15 is 0 Å². The summed E-state index contributed by atoms with van der Waals surface area (Å²) in [7, 11) is 0. The summed E-state index contributed by atoms with van der Waals surface area (Å²) in [6.07, 6.45) is -1.15. The second-order valence-corrected chi connectivity index (χ2v) is 9.16. The molecule has 0 aliphatic carbocycles. The van der Waals surface area contributed by atoms with Gasteiger partial charge in [-0.2, -0.15) is 0 Å². The Balaban J connectivity index is 1.35. The number of allylic oxidation sites excluding steroid dienone is 1. The largest absolute Gasteiger partial charge is 0.462 e. The number of rotatable bonds is 7. The molecule has 3 aromatic carbocycles. The zero-order chi connectivity index (χ0) is 26.5. The quantitative estimate of drug-likeness (QED) is 0.366. The third-order valence-corrected chi connectivity index (χ3v) is 6.43. The van der Waals surface area contributed by atoms with E-state index in [9.17, 15) is 14.7 Å². The van der Waals surface area contributed by atoms with Crippen LogP contribution in [0.2, 0.25) is 0 Å². The zero-order valence-corrected chi connectivity index (χ0v) is 20.8. The van der Waals surface area contributed by atoms with Crippen LogP contribution in [0.5, 0.6) is 5.75 Å². The number of amides is 1. The molecule has 0 saturated carbocycles. The molecule has 2 saturated heterocycles. The number of aliphatic hydroxyl groups excluding tert-OH is 1. The molecular weight excluding hydrogens is 486 g/mol. The molecule has 2 aliphatic rings. The Kier molecular flexibility index (Phi) is 7.95. The van der Waals surface area contributed by atoms with E-state index in [0.717, 1.165) is 11.1 Å². The molecule has 0 bridgehead atoms. The van der Waals surface area contributed by atoms with E-state index in [2.05, 4.69) is 5.32 Å². The van der Waals surface area contributed by atoms with Crippen LogP contribution in [-0.2, 0) is 19.0 Å². The molecule has 5 rings (SSSR count). The number of carbonyl (C=O) groups is 2. The normalized spacial score (nSPS) is 26.9. The molecule has 0 radical (unpaired) electrons. The molecule has 1 amide bonds. The third kappa shape index (κ3) is 5.84. The number of nitrogens with one attached hydrogen (secondary N) is 1. The molecular formula is C30H29NO7. The number of hydrogen-bond acceptors (Lipinski definition) is 7. The maximum atomic E-state index is 13.0. The van der Waals surface area contributed by atoms with Gasteiger partial charge in [0.25, 0.3) is 0 Å². The van der Waals surface area contributed by atoms with E-state index in [0.29, 0.717) is 5.56 Å². The molecule has 8 heteroatoms. The van der Waals surface area contributed by atoms with Crippen molar-refractivity contribution in [2.75, 3.05) is 6.61 Å². The summed E-state index contributed by atoms with van der Waals surface area (Å²) in [5, 5.41) is 14.0. The monoisotopic (exact) mass is 515 g/mol. The Bertz CT molecular complexity index is 1280. The maximum absolute atomic E-state index is 13.0. The predicted octanol–water partition coefficient (Wildman–Crippen LogP) is 3.67. The fraction of sp³-hybridized carbons (Fsp3) is 0.267. The molecule has 2 fully saturated rings. The highest BCUT2D eigenvalue weighted by molar-refractivity contribution is 6.08. The van der Waals surface area contributed by atoms with E-state index in [1.54, 1.807) is 30.3 Å². The van der Waals surface area contributed by atoms with Gasteiger partial charge >= 0.3 is 0 Å². The van der Waals surface area contributed by atoms with Crippen molar-refractivity contribution < 1.29 is 33.6 Å². The second kappa shape index (κ2) is 11.7. The standard InChI is InChI=1S/C30H29NO7/c1-19(32)31-26-27(34)28-25(18-35-29(38-28)21-12-6-3-7-13-21)37-30(26)36-24-15-9-8-14-22(24)23(33)17-16-20-10-4-2-5-11-20/h2-17,25-30,34H,18H2,1H3,(H,31,32)/b17-16+. The van der Waals surface area contributed by atoms with E-state index in [-0.39, 0.29) is 24.0 Å². The number of benzene rings is 3. The van der Waals surface area contributed by atoms with Crippen LogP contribution in [0.25, 0.3) is 6.08 Å². The van der Waals surface area contributed by atoms with Gasteiger partial charge in [0.15, 0.2) is 12.1 Å². The van der Waals surface area contributed by atoms with Crippen LogP contribution in [0.3, 0.4) is 0 Å². The molecule has 0 spiro atoms. The lowest BCUT2D eigenvalue weighted by Gasteiger charge is -2.47. The number of para-hydroxylation sites is 1. The Morgan fingerprint density at radius 1 is 0.947 bits per heavy atom. The van der Waals surface area contributed by atoms with Crippen molar-refractivity contribution in [3.8, 4) is 5.75 Å². The lowest BCUT2D eigenvalue weighted by Crippen LogP contribution is -2.67. The number of hydrogen-bond donors (Lipinski definition) is 2. The first kappa shape index (κ1) is 25.8. The summed E-state index contributed by atoms with van der Waals surface area (Å²) in [6, 6.07) is 24.7. The van der Waals surface area contributed by atoms with Gasteiger partial charge in [0.2, 0.25) is 12.2 Å². The van der Waals surface area contributed by atoms with E-state index in [4.69, 9.17) is 18.9 Å². The van der Waals surface area contributed by atoms with Gasteiger partial charge in [0, 0.05) is 12.5 Å². The third-order valence-electron chi connectivity index (χ3n) is 6.43. The summed E-state index contributed by atoms with van der Waals surface area (Å²) in [4.78, 5) is 25.1. The van der Waals surface area contributed by atoms with Gasteiger partial charge in [-0.05, 0) is 23.8 Å². The minimum Gasteiger partial charge on any atom is -0.462 e. The van der Waals surface area contributed by atoms with Crippen LogP contribution in [0, 0.1) is 0 Å². The number of carbonyl (C=O) groups excluding carboxylic acids is 2. The first-order chi connectivity index (χ1) is 18.5. The second-order valence-electron chi connectivity index (χ2n) is 9.16. The smallest absolute Gasteiger partial charge is 0.223 e. The zero-order valence-electron chi connectivity index (χ0n) is 20.8. The number of ether oxygens (including phenoxy) is 4. The highest BCUT2D eigenvalue weighted by Gasteiger charge is 2.50. The van der Waals surface area contributed by atoms with Gasteiger partial charge < -0.3 is 29.4 Å². The number of fused-ring (bicyclic) bond motifs is 1. The summed E-state index contributed by atoms with van der Waals surface area (Å²) in [5.74, 6) is -0.364.